The Balaban J connectivity index is 2.14. The summed E-state index contributed by atoms with van der Waals surface area (Å²) in [4.78, 5) is 13.5. The summed E-state index contributed by atoms with van der Waals surface area (Å²) in [5.41, 5.74) is 5.85. The second-order valence-electron chi connectivity index (χ2n) is 5.81. The molecule has 2 rings (SSSR count). The summed E-state index contributed by atoms with van der Waals surface area (Å²) in [5, 5.41) is 3.40. The van der Waals surface area contributed by atoms with Crippen LogP contribution in [0, 0.1) is 11.7 Å². The Morgan fingerprint density at radius 1 is 1.45 bits per heavy atom. The lowest BCUT2D eigenvalue weighted by Crippen LogP contribution is -2.48. The Labute approximate surface area is 119 Å². The van der Waals surface area contributed by atoms with E-state index in [0.717, 1.165) is 18.7 Å². The van der Waals surface area contributed by atoms with Crippen molar-refractivity contribution in [2.24, 2.45) is 11.7 Å². The van der Waals surface area contributed by atoms with Crippen molar-refractivity contribution in [2.45, 2.75) is 32.4 Å². The van der Waals surface area contributed by atoms with Gasteiger partial charge in [-0.05, 0) is 44.5 Å². The van der Waals surface area contributed by atoms with Gasteiger partial charge in [0.1, 0.15) is 5.82 Å². The Morgan fingerprint density at radius 3 is 2.80 bits per heavy atom. The van der Waals surface area contributed by atoms with E-state index in [1.807, 2.05) is 0 Å². The van der Waals surface area contributed by atoms with Crippen LogP contribution in [0.2, 0.25) is 0 Å². The number of hydrogen-bond acceptors (Lipinski definition) is 3. The van der Waals surface area contributed by atoms with E-state index in [0.29, 0.717) is 18.0 Å². The summed E-state index contributed by atoms with van der Waals surface area (Å²) in [6.07, 6.45) is 1.01. The third-order valence-electron chi connectivity index (χ3n) is 4.19. The predicted octanol–water partition coefficient (Wildman–Crippen LogP) is 2.07. The number of carbonyl (C=O) groups is 1. The van der Waals surface area contributed by atoms with Gasteiger partial charge in [-0.3, -0.25) is 4.79 Å². The lowest BCUT2D eigenvalue weighted by atomic mass is 9.89. The molecule has 0 saturated carbocycles. The third kappa shape index (κ3) is 3.10. The smallest absolute Gasteiger partial charge is 0.251 e. The van der Waals surface area contributed by atoms with Crippen LogP contribution in [0.5, 0.6) is 0 Å². The number of rotatable bonds is 3. The van der Waals surface area contributed by atoms with Crippen LogP contribution in [0.1, 0.15) is 30.6 Å². The van der Waals surface area contributed by atoms with Crippen molar-refractivity contribution in [3.63, 3.8) is 0 Å². The fraction of sp³-hybridized carbons (Fsp3) is 0.533. The van der Waals surface area contributed by atoms with Gasteiger partial charge in [0.25, 0.3) is 5.91 Å². The molecule has 1 heterocycles. The van der Waals surface area contributed by atoms with E-state index in [-0.39, 0.29) is 5.56 Å². The van der Waals surface area contributed by atoms with E-state index in [1.54, 1.807) is 6.07 Å². The first-order valence-electron chi connectivity index (χ1n) is 6.94. The van der Waals surface area contributed by atoms with E-state index in [4.69, 9.17) is 5.73 Å². The van der Waals surface area contributed by atoms with Gasteiger partial charge < -0.3 is 16.0 Å². The van der Waals surface area contributed by atoms with Gasteiger partial charge >= 0.3 is 0 Å². The number of halogens is 1. The summed E-state index contributed by atoms with van der Waals surface area (Å²) >= 11 is 0. The molecule has 0 bridgehead atoms. The zero-order chi connectivity index (χ0) is 14.9. The molecule has 1 fully saturated rings. The van der Waals surface area contributed by atoms with Crippen LogP contribution >= 0.6 is 0 Å². The number of hydrogen-bond donors (Lipinski definition) is 2. The number of likely N-dealkylation sites (tertiary alicyclic amines) is 1. The number of nitrogens with two attached hydrogens (primary N) is 1. The first-order valence-corrected chi connectivity index (χ1v) is 6.94. The lowest BCUT2D eigenvalue weighted by Gasteiger charge is -2.40. The molecule has 0 spiro atoms. The van der Waals surface area contributed by atoms with Crippen molar-refractivity contribution >= 4 is 11.6 Å². The van der Waals surface area contributed by atoms with Crippen molar-refractivity contribution < 1.29 is 9.18 Å². The highest BCUT2D eigenvalue weighted by Gasteiger charge is 2.28. The van der Waals surface area contributed by atoms with Crippen LogP contribution in [-0.4, -0.2) is 36.5 Å². The van der Waals surface area contributed by atoms with Crippen molar-refractivity contribution in [1.82, 2.24) is 4.90 Å². The van der Waals surface area contributed by atoms with E-state index in [1.165, 1.54) is 12.1 Å². The quantitative estimate of drug-likeness (QED) is 0.890. The van der Waals surface area contributed by atoms with Crippen LogP contribution in [0.3, 0.4) is 0 Å². The molecule has 0 aliphatic carbocycles. The van der Waals surface area contributed by atoms with Gasteiger partial charge in [-0.15, -0.1) is 0 Å². The Kier molecular flexibility index (Phi) is 4.28. The fourth-order valence-corrected chi connectivity index (χ4v) is 2.76. The second-order valence-corrected chi connectivity index (χ2v) is 5.81. The molecule has 0 radical (unpaired) electrons. The minimum Gasteiger partial charge on any atom is -0.382 e. The average molecular weight is 279 g/mol. The van der Waals surface area contributed by atoms with Crippen molar-refractivity contribution in [1.29, 1.82) is 0 Å². The molecular formula is C15H22FN3O. The van der Waals surface area contributed by atoms with Crippen molar-refractivity contribution in [2.75, 3.05) is 18.9 Å². The molecule has 5 heteroatoms. The Bertz CT molecular complexity index is 506. The number of anilines is 1. The molecule has 110 valence electrons. The van der Waals surface area contributed by atoms with E-state index in [2.05, 4.69) is 31.1 Å². The third-order valence-corrected chi connectivity index (χ3v) is 4.19. The first-order chi connectivity index (χ1) is 9.38. The number of piperidine rings is 1. The maximum Gasteiger partial charge on any atom is 0.251 e. The molecule has 1 aliphatic rings. The second kappa shape index (κ2) is 5.79. The zero-order valence-corrected chi connectivity index (χ0v) is 12.2. The van der Waals surface area contributed by atoms with Crippen LogP contribution in [-0.2, 0) is 0 Å². The standard InChI is InChI=1S/C15H22FN3O/c1-9-8-19(3)10(2)6-14(9)18-11-4-5-13(16)12(7-11)15(17)20/h4-5,7,9-10,14,18H,6,8H2,1-3H3,(H2,17,20). The molecule has 3 unspecified atom stereocenters. The molecule has 1 aliphatic heterocycles. The van der Waals surface area contributed by atoms with Crippen LogP contribution in [0.25, 0.3) is 0 Å². The molecule has 1 saturated heterocycles. The largest absolute Gasteiger partial charge is 0.382 e. The van der Waals surface area contributed by atoms with E-state index in [9.17, 15) is 9.18 Å². The summed E-state index contributed by atoms with van der Waals surface area (Å²) in [6.45, 7) is 5.40. The molecule has 1 aromatic rings. The Morgan fingerprint density at radius 2 is 2.15 bits per heavy atom. The van der Waals surface area contributed by atoms with Gasteiger partial charge in [-0.1, -0.05) is 6.92 Å². The molecule has 0 aromatic heterocycles. The molecule has 3 N–H and O–H groups in total. The van der Waals surface area contributed by atoms with Crippen LogP contribution in [0.15, 0.2) is 18.2 Å². The molecule has 4 nitrogen and oxygen atoms in total. The highest BCUT2D eigenvalue weighted by Crippen LogP contribution is 2.25. The number of primary amides is 1. The van der Waals surface area contributed by atoms with Gasteiger partial charge in [0, 0.05) is 24.3 Å². The van der Waals surface area contributed by atoms with Crippen molar-refractivity contribution in [3.05, 3.63) is 29.6 Å². The molecule has 20 heavy (non-hydrogen) atoms. The summed E-state index contributed by atoms with van der Waals surface area (Å²) < 4.78 is 13.5. The first kappa shape index (κ1) is 14.8. The molecular weight excluding hydrogens is 257 g/mol. The number of nitrogens with zero attached hydrogens (tertiary/aromatic N) is 1. The minimum atomic E-state index is -0.740. The summed E-state index contributed by atoms with van der Waals surface area (Å²) in [7, 11) is 2.13. The van der Waals surface area contributed by atoms with E-state index >= 15 is 0 Å². The minimum absolute atomic E-state index is 0.0661. The molecule has 1 amide bonds. The maximum atomic E-state index is 13.5. The average Bonchev–Trinajstić information content (AvgIpc) is 2.37. The molecule has 3 atom stereocenters. The van der Waals surface area contributed by atoms with Crippen molar-refractivity contribution in [3.8, 4) is 0 Å². The fourth-order valence-electron chi connectivity index (χ4n) is 2.76. The highest BCUT2D eigenvalue weighted by atomic mass is 19.1. The van der Waals surface area contributed by atoms with Gasteiger partial charge in [-0.2, -0.15) is 0 Å². The van der Waals surface area contributed by atoms with Gasteiger partial charge in [0.05, 0.1) is 5.56 Å². The highest BCUT2D eigenvalue weighted by molar-refractivity contribution is 5.94. The van der Waals surface area contributed by atoms with Gasteiger partial charge in [-0.25, -0.2) is 4.39 Å². The monoisotopic (exact) mass is 279 g/mol. The van der Waals surface area contributed by atoms with Crippen LogP contribution in [0.4, 0.5) is 10.1 Å². The zero-order valence-electron chi connectivity index (χ0n) is 12.2. The topological polar surface area (TPSA) is 58.4 Å². The van der Waals surface area contributed by atoms with Gasteiger partial charge in [0.2, 0.25) is 0 Å². The summed E-state index contributed by atoms with van der Waals surface area (Å²) in [6, 6.07) is 5.24. The number of benzene rings is 1. The predicted molar refractivity (Wildman–Crippen MR) is 78.2 cm³/mol. The normalized spacial score (nSPS) is 27.3. The lowest BCUT2D eigenvalue weighted by molar-refractivity contribution is 0.0996. The molecule has 1 aromatic carbocycles. The number of amides is 1. The Hall–Kier alpha value is -1.62. The number of carbonyl (C=O) groups excluding carboxylic acids is 1. The number of nitrogens with one attached hydrogen (secondary N) is 1. The maximum absolute atomic E-state index is 13.5. The van der Waals surface area contributed by atoms with Gasteiger partial charge in [0.15, 0.2) is 0 Å². The van der Waals surface area contributed by atoms with E-state index < -0.39 is 11.7 Å². The van der Waals surface area contributed by atoms with Crippen LogP contribution < -0.4 is 11.1 Å². The SMILES string of the molecule is CC1CN(C)C(C)CC1Nc1ccc(F)c(C(N)=O)c1. The summed E-state index contributed by atoms with van der Waals surface area (Å²) in [5.74, 6) is -0.831.